The summed E-state index contributed by atoms with van der Waals surface area (Å²) in [5.41, 5.74) is 0.499. The SMILES string of the molecule is Cc1c(C(=O)OC2CCCCC2)sc2ncn(CCOc3ccccc3)c(=O)c12. The van der Waals surface area contributed by atoms with Crippen LogP contribution in [0.1, 0.15) is 47.3 Å². The van der Waals surface area contributed by atoms with Crippen LogP contribution in [0.15, 0.2) is 41.5 Å². The smallest absolute Gasteiger partial charge is 0.348 e. The maximum absolute atomic E-state index is 12.9. The zero-order valence-electron chi connectivity index (χ0n) is 16.4. The van der Waals surface area contributed by atoms with Crippen molar-refractivity contribution in [1.82, 2.24) is 9.55 Å². The van der Waals surface area contributed by atoms with Gasteiger partial charge in [0.1, 0.15) is 28.2 Å². The van der Waals surface area contributed by atoms with E-state index in [9.17, 15) is 9.59 Å². The molecule has 0 amide bonds. The van der Waals surface area contributed by atoms with Crippen LogP contribution in [0.3, 0.4) is 0 Å². The predicted molar refractivity (Wildman–Crippen MR) is 113 cm³/mol. The summed E-state index contributed by atoms with van der Waals surface area (Å²) in [6.07, 6.45) is 6.74. The highest BCUT2D eigenvalue weighted by Gasteiger charge is 2.24. The standard InChI is InChI=1S/C22H24N2O4S/c1-15-18-20(29-19(15)22(26)28-17-10-6-3-7-11-17)23-14-24(21(18)25)12-13-27-16-8-4-2-5-9-16/h2,4-5,8-9,14,17H,3,6-7,10-13H2,1H3. The van der Waals surface area contributed by atoms with Crippen molar-refractivity contribution in [2.45, 2.75) is 51.7 Å². The van der Waals surface area contributed by atoms with E-state index in [1.807, 2.05) is 30.3 Å². The number of thiophene rings is 1. The molecule has 0 unspecified atom stereocenters. The maximum atomic E-state index is 12.9. The highest BCUT2D eigenvalue weighted by molar-refractivity contribution is 7.20. The Bertz CT molecular complexity index is 1050. The van der Waals surface area contributed by atoms with Crippen LogP contribution in [0.5, 0.6) is 5.75 Å². The molecule has 29 heavy (non-hydrogen) atoms. The normalized spacial score (nSPS) is 14.8. The van der Waals surface area contributed by atoms with E-state index in [1.54, 1.807) is 6.92 Å². The molecule has 1 aromatic carbocycles. The van der Waals surface area contributed by atoms with Gasteiger partial charge >= 0.3 is 5.97 Å². The van der Waals surface area contributed by atoms with E-state index in [-0.39, 0.29) is 17.6 Å². The molecule has 0 N–H and O–H groups in total. The number of nitrogens with zero attached hydrogens (tertiary/aromatic N) is 2. The summed E-state index contributed by atoms with van der Waals surface area (Å²) >= 11 is 1.23. The molecule has 3 aromatic rings. The van der Waals surface area contributed by atoms with Crippen LogP contribution in [0, 0.1) is 6.92 Å². The number of esters is 1. The molecule has 6 nitrogen and oxygen atoms in total. The monoisotopic (exact) mass is 412 g/mol. The van der Waals surface area contributed by atoms with Gasteiger partial charge in [-0.25, -0.2) is 9.78 Å². The number of aromatic nitrogens is 2. The fourth-order valence-electron chi connectivity index (χ4n) is 3.68. The number of rotatable bonds is 6. The highest BCUT2D eigenvalue weighted by atomic mass is 32.1. The van der Waals surface area contributed by atoms with Crippen molar-refractivity contribution < 1.29 is 14.3 Å². The Morgan fingerprint density at radius 2 is 1.97 bits per heavy atom. The molecule has 1 aliphatic carbocycles. The molecular formula is C22H24N2O4S. The number of carbonyl (C=O) groups is 1. The molecular weight excluding hydrogens is 388 g/mol. The molecule has 2 aromatic heterocycles. The first-order chi connectivity index (χ1) is 14.1. The molecule has 1 fully saturated rings. The topological polar surface area (TPSA) is 70.4 Å². The molecule has 0 atom stereocenters. The average Bonchev–Trinajstić information content (AvgIpc) is 3.08. The van der Waals surface area contributed by atoms with Gasteiger partial charge in [0.15, 0.2) is 0 Å². The van der Waals surface area contributed by atoms with Gasteiger partial charge in [-0.15, -0.1) is 11.3 Å². The van der Waals surface area contributed by atoms with Gasteiger partial charge < -0.3 is 9.47 Å². The summed E-state index contributed by atoms with van der Waals surface area (Å²) in [6.45, 7) is 2.54. The largest absolute Gasteiger partial charge is 0.492 e. The molecule has 0 spiro atoms. The molecule has 0 saturated heterocycles. The molecule has 0 bridgehead atoms. The molecule has 4 rings (SSSR count). The van der Waals surface area contributed by atoms with Crippen molar-refractivity contribution in [2.24, 2.45) is 0 Å². The third-order valence-corrected chi connectivity index (χ3v) is 6.45. The Morgan fingerprint density at radius 3 is 2.72 bits per heavy atom. The van der Waals surface area contributed by atoms with E-state index >= 15 is 0 Å². The minimum atomic E-state index is -0.337. The summed E-state index contributed by atoms with van der Waals surface area (Å²) in [5.74, 6) is 0.421. The second-order valence-corrected chi connectivity index (χ2v) is 8.31. The summed E-state index contributed by atoms with van der Waals surface area (Å²) < 4.78 is 12.9. The summed E-state index contributed by atoms with van der Waals surface area (Å²) in [7, 11) is 0. The first-order valence-electron chi connectivity index (χ1n) is 10.0. The Morgan fingerprint density at radius 1 is 1.21 bits per heavy atom. The van der Waals surface area contributed by atoms with Crippen LogP contribution in [0.4, 0.5) is 0 Å². The Kier molecular flexibility index (Phi) is 5.94. The number of para-hydroxylation sites is 1. The first-order valence-corrected chi connectivity index (χ1v) is 10.8. The van der Waals surface area contributed by atoms with Gasteiger partial charge in [-0.3, -0.25) is 9.36 Å². The van der Waals surface area contributed by atoms with E-state index in [2.05, 4.69) is 4.98 Å². The summed E-state index contributed by atoms with van der Waals surface area (Å²) in [4.78, 5) is 31.0. The molecule has 7 heteroatoms. The lowest BCUT2D eigenvalue weighted by molar-refractivity contribution is 0.0216. The lowest BCUT2D eigenvalue weighted by atomic mass is 9.98. The Hall–Kier alpha value is -2.67. The predicted octanol–water partition coefficient (Wildman–Crippen LogP) is 4.33. The van der Waals surface area contributed by atoms with Crippen LogP contribution in [0.25, 0.3) is 10.2 Å². The van der Waals surface area contributed by atoms with Crippen molar-refractivity contribution in [3.63, 3.8) is 0 Å². The third-order valence-electron chi connectivity index (χ3n) is 5.27. The van der Waals surface area contributed by atoms with Gasteiger partial charge in [0.25, 0.3) is 5.56 Å². The summed E-state index contributed by atoms with van der Waals surface area (Å²) in [5, 5.41) is 0.493. The number of aryl methyl sites for hydroxylation is 1. The number of fused-ring (bicyclic) bond motifs is 1. The van der Waals surface area contributed by atoms with Crippen LogP contribution in [-0.4, -0.2) is 28.2 Å². The first kappa shape index (κ1) is 19.6. The zero-order chi connectivity index (χ0) is 20.2. The zero-order valence-corrected chi connectivity index (χ0v) is 17.2. The summed E-state index contributed by atoms with van der Waals surface area (Å²) in [6, 6.07) is 9.47. The van der Waals surface area contributed by atoms with Crippen LogP contribution < -0.4 is 10.3 Å². The Balaban J connectivity index is 1.50. The van der Waals surface area contributed by atoms with Crippen molar-refractivity contribution >= 4 is 27.5 Å². The number of ether oxygens (including phenoxy) is 2. The molecule has 2 heterocycles. The molecule has 152 valence electrons. The molecule has 0 radical (unpaired) electrons. The second kappa shape index (κ2) is 8.78. The number of hydrogen-bond donors (Lipinski definition) is 0. The maximum Gasteiger partial charge on any atom is 0.348 e. The second-order valence-electron chi connectivity index (χ2n) is 7.31. The van der Waals surface area contributed by atoms with E-state index in [1.165, 1.54) is 28.7 Å². The van der Waals surface area contributed by atoms with Gasteiger partial charge in [0.2, 0.25) is 0 Å². The van der Waals surface area contributed by atoms with Gasteiger partial charge in [0, 0.05) is 0 Å². The molecule has 1 saturated carbocycles. The Labute approximate surface area is 173 Å². The van der Waals surface area contributed by atoms with Gasteiger partial charge in [-0.1, -0.05) is 24.6 Å². The third kappa shape index (κ3) is 4.34. The van der Waals surface area contributed by atoms with Gasteiger partial charge in [-0.2, -0.15) is 0 Å². The lowest BCUT2D eigenvalue weighted by Crippen LogP contribution is -2.23. The van der Waals surface area contributed by atoms with Crippen LogP contribution >= 0.6 is 11.3 Å². The fourth-order valence-corrected chi connectivity index (χ4v) is 4.70. The number of hydrogen-bond acceptors (Lipinski definition) is 6. The minimum Gasteiger partial charge on any atom is -0.492 e. The fraction of sp³-hybridized carbons (Fsp3) is 0.409. The van der Waals surface area contributed by atoms with Crippen molar-refractivity contribution in [2.75, 3.05) is 6.61 Å². The van der Waals surface area contributed by atoms with E-state index in [0.717, 1.165) is 31.4 Å². The van der Waals surface area contributed by atoms with Crippen LogP contribution in [0.2, 0.25) is 0 Å². The quantitative estimate of drug-likeness (QED) is 0.564. The minimum absolute atomic E-state index is 0.0133. The molecule has 1 aliphatic rings. The molecule has 0 aliphatic heterocycles. The number of benzene rings is 1. The van der Waals surface area contributed by atoms with Crippen molar-refractivity contribution in [3.8, 4) is 5.75 Å². The van der Waals surface area contributed by atoms with Crippen molar-refractivity contribution in [3.05, 3.63) is 57.5 Å². The highest BCUT2D eigenvalue weighted by Crippen LogP contribution is 2.29. The number of carbonyl (C=O) groups excluding carboxylic acids is 1. The van der Waals surface area contributed by atoms with Crippen molar-refractivity contribution in [1.29, 1.82) is 0 Å². The average molecular weight is 413 g/mol. The van der Waals surface area contributed by atoms with E-state index in [4.69, 9.17) is 9.47 Å². The van der Waals surface area contributed by atoms with E-state index < -0.39 is 0 Å². The van der Waals surface area contributed by atoms with Gasteiger partial charge in [-0.05, 0) is 50.3 Å². The lowest BCUT2D eigenvalue weighted by Gasteiger charge is -2.21. The van der Waals surface area contributed by atoms with E-state index in [0.29, 0.717) is 33.8 Å². The van der Waals surface area contributed by atoms with Gasteiger partial charge in [0.05, 0.1) is 18.3 Å². The van der Waals surface area contributed by atoms with Crippen LogP contribution in [-0.2, 0) is 11.3 Å².